The molecule has 0 atom stereocenters. The average molecular weight is 271 g/mol. The molecule has 0 amide bonds. The summed E-state index contributed by atoms with van der Waals surface area (Å²) in [5.41, 5.74) is 2.09. The van der Waals surface area contributed by atoms with Crippen LogP contribution in [0.2, 0.25) is 0 Å². The number of nitrogens with zero attached hydrogens (tertiary/aromatic N) is 1. The molecule has 2 heterocycles. The molecule has 4 aromatic rings. The molecule has 2 aromatic heterocycles. The number of pyridine rings is 2. The van der Waals surface area contributed by atoms with E-state index >= 15 is 0 Å². The Labute approximate surface area is 120 Å². The van der Waals surface area contributed by atoms with Crippen molar-refractivity contribution in [2.45, 2.75) is 0 Å². The normalized spacial score (nSPS) is 11.0. The quantitative estimate of drug-likeness (QED) is 0.575. The minimum Gasteiger partial charge on any atom is -0.321 e. The zero-order valence-electron chi connectivity index (χ0n) is 11.1. The Balaban J connectivity index is 2.16. The van der Waals surface area contributed by atoms with E-state index in [0.717, 1.165) is 32.9 Å². The van der Waals surface area contributed by atoms with Gasteiger partial charge in [0, 0.05) is 28.0 Å². The molecule has 0 saturated heterocycles. The highest BCUT2D eigenvalue weighted by molar-refractivity contribution is 6.02. The fraction of sp³-hybridized carbons (Fsp3) is 0. The number of hydrogen-bond donors (Lipinski definition) is 1. The number of para-hydroxylation sites is 1. The molecule has 0 bridgehead atoms. The third-order valence-corrected chi connectivity index (χ3v) is 3.59. The van der Waals surface area contributed by atoms with E-state index in [0.29, 0.717) is 0 Å². The van der Waals surface area contributed by atoms with Crippen LogP contribution in [0, 0.1) is 6.07 Å². The summed E-state index contributed by atoms with van der Waals surface area (Å²) in [5.74, 6) is 0. The summed E-state index contributed by atoms with van der Waals surface area (Å²) in [7, 11) is 0. The second kappa shape index (κ2) is 4.56. The van der Waals surface area contributed by atoms with Crippen LogP contribution in [0.4, 0.5) is 0 Å². The van der Waals surface area contributed by atoms with E-state index in [4.69, 9.17) is 0 Å². The number of aromatic nitrogens is 2. The number of H-pyrrole nitrogens is 1. The van der Waals surface area contributed by atoms with Gasteiger partial charge in [0.15, 0.2) is 0 Å². The van der Waals surface area contributed by atoms with Crippen molar-refractivity contribution >= 4 is 21.7 Å². The van der Waals surface area contributed by atoms with Crippen LogP contribution in [0.15, 0.2) is 65.6 Å². The van der Waals surface area contributed by atoms with E-state index in [9.17, 15) is 4.79 Å². The minimum absolute atomic E-state index is 0.238. The third-order valence-electron chi connectivity index (χ3n) is 3.59. The SMILES string of the molecule is O=c1[c]c(-c2nccc3ccccc23)c2ccccc2[nH]1. The molecule has 99 valence electrons. The summed E-state index contributed by atoms with van der Waals surface area (Å²) in [6.07, 6.45) is 1.77. The Bertz CT molecular complexity index is 1010. The number of nitrogens with one attached hydrogen (secondary N) is 1. The molecule has 1 N–H and O–H groups in total. The van der Waals surface area contributed by atoms with Crippen LogP contribution in [0.5, 0.6) is 0 Å². The van der Waals surface area contributed by atoms with Crippen molar-refractivity contribution in [3.63, 3.8) is 0 Å². The fourth-order valence-corrected chi connectivity index (χ4v) is 2.65. The van der Waals surface area contributed by atoms with Gasteiger partial charge in [-0.25, -0.2) is 0 Å². The Morgan fingerprint density at radius 2 is 1.67 bits per heavy atom. The third kappa shape index (κ3) is 1.91. The Morgan fingerprint density at radius 3 is 2.57 bits per heavy atom. The number of rotatable bonds is 1. The summed E-state index contributed by atoms with van der Waals surface area (Å²) in [6, 6.07) is 20.6. The first-order valence-corrected chi connectivity index (χ1v) is 6.71. The van der Waals surface area contributed by atoms with E-state index in [1.54, 1.807) is 6.20 Å². The number of benzene rings is 2. The first-order chi connectivity index (χ1) is 10.3. The molecule has 0 aliphatic rings. The van der Waals surface area contributed by atoms with Gasteiger partial charge in [-0.2, -0.15) is 0 Å². The van der Waals surface area contributed by atoms with Gasteiger partial charge in [0.25, 0.3) is 5.56 Å². The molecule has 0 saturated carbocycles. The smallest absolute Gasteiger partial charge is 0.257 e. The van der Waals surface area contributed by atoms with Crippen LogP contribution < -0.4 is 5.56 Å². The minimum atomic E-state index is -0.238. The number of aromatic amines is 1. The zero-order valence-corrected chi connectivity index (χ0v) is 11.1. The van der Waals surface area contributed by atoms with E-state index in [1.807, 2.05) is 54.6 Å². The van der Waals surface area contributed by atoms with Gasteiger partial charge in [0.2, 0.25) is 0 Å². The molecule has 0 aliphatic heterocycles. The van der Waals surface area contributed by atoms with Gasteiger partial charge in [-0.15, -0.1) is 0 Å². The lowest BCUT2D eigenvalue weighted by Crippen LogP contribution is -2.06. The van der Waals surface area contributed by atoms with Gasteiger partial charge >= 0.3 is 0 Å². The summed E-state index contributed by atoms with van der Waals surface area (Å²) in [5, 5.41) is 3.06. The van der Waals surface area contributed by atoms with Crippen molar-refractivity contribution in [2.24, 2.45) is 0 Å². The summed E-state index contributed by atoms with van der Waals surface area (Å²) in [4.78, 5) is 19.2. The topological polar surface area (TPSA) is 45.8 Å². The predicted molar refractivity (Wildman–Crippen MR) is 84.1 cm³/mol. The van der Waals surface area contributed by atoms with Crippen LogP contribution >= 0.6 is 0 Å². The molecule has 0 unspecified atom stereocenters. The maximum atomic E-state index is 11.9. The lowest BCUT2D eigenvalue weighted by atomic mass is 10.0. The fourth-order valence-electron chi connectivity index (χ4n) is 2.65. The van der Waals surface area contributed by atoms with E-state index in [2.05, 4.69) is 16.0 Å². The first kappa shape index (κ1) is 11.9. The van der Waals surface area contributed by atoms with Gasteiger partial charge in [0.1, 0.15) is 0 Å². The Kier molecular flexibility index (Phi) is 2.57. The molecular weight excluding hydrogens is 260 g/mol. The molecule has 3 heteroatoms. The molecular formula is C18H11N2O. The molecule has 4 rings (SSSR count). The maximum absolute atomic E-state index is 11.9. The predicted octanol–water partition coefficient (Wildman–Crippen LogP) is 3.54. The largest absolute Gasteiger partial charge is 0.321 e. The number of hydrogen-bond acceptors (Lipinski definition) is 2. The summed E-state index contributed by atoms with van der Waals surface area (Å²) < 4.78 is 0. The van der Waals surface area contributed by atoms with E-state index in [-0.39, 0.29) is 5.56 Å². The van der Waals surface area contributed by atoms with Gasteiger partial charge in [-0.3, -0.25) is 9.78 Å². The van der Waals surface area contributed by atoms with Crippen molar-refractivity contribution in [3.8, 4) is 11.3 Å². The first-order valence-electron chi connectivity index (χ1n) is 6.71. The van der Waals surface area contributed by atoms with Crippen LogP contribution in [0.1, 0.15) is 0 Å². The summed E-state index contributed by atoms with van der Waals surface area (Å²) in [6.45, 7) is 0. The van der Waals surface area contributed by atoms with Gasteiger partial charge in [-0.05, 0) is 17.5 Å². The molecule has 0 spiro atoms. The van der Waals surface area contributed by atoms with Crippen molar-refractivity contribution in [3.05, 3.63) is 77.2 Å². The molecule has 2 aromatic carbocycles. The molecule has 0 fully saturated rings. The van der Waals surface area contributed by atoms with Gasteiger partial charge in [-0.1, -0.05) is 42.5 Å². The molecule has 21 heavy (non-hydrogen) atoms. The van der Waals surface area contributed by atoms with E-state index in [1.165, 1.54) is 0 Å². The highest BCUT2D eigenvalue weighted by Gasteiger charge is 2.10. The molecule has 0 aliphatic carbocycles. The van der Waals surface area contributed by atoms with Gasteiger partial charge < -0.3 is 4.98 Å². The van der Waals surface area contributed by atoms with E-state index < -0.39 is 0 Å². The second-order valence-corrected chi connectivity index (χ2v) is 4.88. The van der Waals surface area contributed by atoms with Crippen molar-refractivity contribution in [2.75, 3.05) is 0 Å². The highest BCUT2D eigenvalue weighted by atomic mass is 16.1. The Hall–Kier alpha value is -2.94. The van der Waals surface area contributed by atoms with Crippen molar-refractivity contribution in [1.29, 1.82) is 0 Å². The monoisotopic (exact) mass is 271 g/mol. The Morgan fingerprint density at radius 1 is 0.905 bits per heavy atom. The maximum Gasteiger partial charge on any atom is 0.257 e. The zero-order chi connectivity index (χ0) is 14.2. The molecule has 3 nitrogen and oxygen atoms in total. The molecule has 1 radical (unpaired) electrons. The van der Waals surface area contributed by atoms with Crippen LogP contribution in [0.3, 0.4) is 0 Å². The average Bonchev–Trinajstić information content (AvgIpc) is 2.53. The second-order valence-electron chi connectivity index (χ2n) is 4.88. The lowest BCUT2D eigenvalue weighted by molar-refractivity contribution is 1.28. The van der Waals surface area contributed by atoms with Crippen molar-refractivity contribution in [1.82, 2.24) is 9.97 Å². The van der Waals surface area contributed by atoms with Crippen molar-refractivity contribution < 1.29 is 0 Å². The van der Waals surface area contributed by atoms with Crippen LogP contribution in [-0.2, 0) is 0 Å². The van der Waals surface area contributed by atoms with Crippen LogP contribution in [0.25, 0.3) is 32.9 Å². The van der Waals surface area contributed by atoms with Gasteiger partial charge in [0.05, 0.1) is 11.8 Å². The van der Waals surface area contributed by atoms with Crippen LogP contribution in [-0.4, -0.2) is 9.97 Å². The highest BCUT2D eigenvalue weighted by Crippen LogP contribution is 2.29. The number of fused-ring (bicyclic) bond motifs is 2. The standard InChI is InChI=1S/C18H11N2O/c21-17-11-15(14-7-3-4-8-16(14)20-17)18-13-6-2-1-5-12(13)9-10-19-18/h1-10H,(H,20,21). The summed E-state index contributed by atoms with van der Waals surface area (Å²) >= 11 is 0. The lowest BCUT2D eigenvalue weighted by Gasteiger charge is -2.08.